The molecule has 1 aromatic heterocycles. The van der Waals surface area contributed by atoms with Crippen molar-refractivity contribution in [3.8, 4) is 5.75 Å². The molecule has 1 heterocycles. The van der Waals surface area contributed by atoms with E-state index >= 15 is 0 Å². The molecule has 0 unspecified atom stereocenters. The normalized spacial score (nSPS) is 12.2. The van der Waals surface area contributed by atoms with E-state index < -0.39 is 0 Å². The molecular formula is C21H22O3. The molecule has 24 heavy (non-hydrogen) atoms. The first-order chi connectivity index (χ1) is 11.7. The lowest BCUT2D eigenvalue weighted by molar-refractivity contribution is 0.227. The van der Waals surface area contributed by atoms with Gasteiger partial charge in [0.2, 0.25) is 0 Å². The van der Waals surface area contributed by atoms with Crippen molar-refractivity contribution in [2.45, 2.75) is 39.2 Å². The minimum Gasteiger partial charge on any atom is -0.486 e. The zero-order chi connectivity index (χ0) is 16.9. The van der Waals surface area contributed by atoms with E-state index in [0.717, 1.165) is 35.8 Å². The predicted molar refractivity (Wildman–Crippen MR) is 96.6 cm³/mol. The van der Waals surface area contributed by atoms with Crippen molar-refractivity contribution >= 4 is 11.0 Å². The number of hydrogen-bond donors (Lipinski definition) is 0. The van der Waals surface area contributed by atoms with Crippen LogP contribution in [-0.2, 0) is 6.42 Å². The summed E-state index contributed by atoms with van der Waals surface area (Å²) >= 11 is 0. The van der Waals surface area contributed by atoms with Crippen molar-refractivity contribution in [1.29, 1.82) is 0 Å². The van der Waals surface area contributed by atoms with Crippen molar-refractivity contribution in [1.82, 2.24) is 0 Å². The molecule has 3 rings (SSSR count). The van der Waals surface area contributed by atoms with Crippen LogP contribution in [0.15, 0.2) is 63.8 Å². The van der Waals surface area contributed by atoms with Gasteiger partial charge >= 0.3 is 5.63 Å². The van der Waals surface area contributed by atoms with Crippen molar-refractivity contribution in [3.05, 3.63) is 76.1 Å². The van der Waals surface area contributed by atoms with E-state index in [4.69, 9.17) is 9.15 Å². The van der Waals surface area contributed by atoms with Crippen LogP contribution in [0.25, 0.3) is 11.0 Å². The van der Waals surface area contributed by atoms with Gasteiger partial charge in [-0.25, -0.2) is 4.79 Å². The average Bonchev–Trinajstić information content (AvgIpc) is 2.60. The van der Waals surface area contributed by atoms with E-state index in [0.29, 0.717) is 11.3 Å². The second-order valence-electron chi connectivity index (χ2n) is 6.02. The third kappa shape index (κ3) is 3.67. The van der Waals surface area contributed by atoms with Gasteiger partial charge in [-0.3, -0.25) is 0 Å². The van der Waals surface area contributed by atoms with Crippen LogP contribution in [0.3, 0.4) is 0 Å². The maximum absolute atomic E-state index is 11.8. The highest BCUT2D eigenvalue weighted by Crippen LogP contribution is 2.27. The Balaban J connectivity index is 1.89. The number of ether oxygens (including phenoxy) is 1. The summed E-state index contributed by atoms with van der Waals surface area (Å²) in [6.45, 7) is 4.15. The zero-order valence-corrected chi connectivity index (χ0v) is 14.1. The zero-order valence-electron chi connectivity index (χ0n) is 14.1. The second kappa shape index (κ2) is 7.35. The van der Waals surface area contributed by atoms with Crippen LogP contribution in [0.1, 0.15) is 43.9 Å². The second-order valence-corrected chi connectivity index (χ2v) is 6.02. The summed E-state index contributed by atoms with van der Waals surface area (Å²) in [5.74, 6) is 0.703. The SMILES string of the molecule is CCCCc1cc(=O)oc2cc(O[C@@H](C)c3ccccc3)ccc12. The molecule has 0 fully saturated rings. The lowest BCUT2D eigenvalue weighted by Gasteiger charge is -2.15. The van der Waals surface area contributed by atoms with Crippen molar-refractivity contribution in [2.75, 3.05) is 0 Å². The molecule has 3 heteroatoms. The highest BCUT2D eigenvalue weighted by molar-refractivity contribution is 5.81. The Morgan fingerprint density at radius 3 is 2.62 bits per heavy atom. The Labute approximate surface area is 141 Å². The lowest BCUT2D eigenvalue weighted by Crippen LogP contribution is -2.04. The lowest BCUT2D eigenvalue weighted by atomic mass is 10.0. The quantitative estimate of drug-likeness (QED) is 0.580. The molecule has 0 aliphatic heterocycles. The summed E-state index contributed by atoms with van der Waals surface area (Å²) in [7, 11) is 0. The van der Waals surface area contributed by atoms with Crippen LogP contribution in [0.5, 0.6) is 5.75 Å². The molecule has 3 nitrogen and oxygen atoms in total. The topological polar surface area (TPSA) is 39.4 Å². The van der Waals surface area contributed by atoms with Gasteiger partial charge in [0.1, 0.15) is 17.4 Å². The summed E-state index contributed by atoms with van der Waals surface area (Å²) in [6.07, 6.45) is 2.97. The van der Waals surface area contributed by atoms with Crippen molar-refractivity contribution < 1.29 is 9.15 Å². The molecule has 0 aliphatic carbocycles. The van der Waals surface area contributed by atoms with Gasteiger partial charge in [-0.1, -0.05) is 43.7 Å². The van der Waals surface area contributed by atoms with Gasteiger partial charge in [-0.05, 0) is 43.0 Å². The van der Waals surface area contributed by atoms with E-state index in [1.807, 2.05) is 55.5 Å². The molecule has 0 spiro atoms. The Hall–Kier alpha value is -2.55. The molecule has 0 radical (unpaired) electrons. The van der Waals surface area contributed by atoms with Crippen LogP contribution in [0.2, 0.25) is 0 Å². The molecule has 2 aromatic carbocycles. The summed E-state index contributed by atoms with van der Waals surface area (Å²) in [6, 6.07) is 17.4. The highest BCUT2D eigenvalue weighted by Gasteiger charge is 2.10. The van der Waals surface area contributed by atoms with Gasteiger partial charge in [-0.2, -0.15) is 0 Å². The van der Waals surface area contributed by atoms with Crippen LogP contribution in [-0.4, -0.2) is 0 Å². The van der Waals surface area contributed by atoms with Crippen LogP contribution >= 0.6 is 0 Å². The molecule has 0 bridgehead atoms. The minimum atomic E-state index is -0.304. The molecular weight excluding hydrogens is 300 g/mol. The Morgan fingerprint density at radius 1 is 1.08 bits per heavy atom. The molecule has 0 saturated heterocycles. The van der Waals surface area contributed by atoms with E-state index in [2.05, 4.69) is 6.92 Å². The first-order valence-electron chi connectivity index (χ1n) is 8.45. The van der Waals surface area contributed by atoms with Crippen molar-refractivity contribution in [3.63, 3.8) is 0 Å². The largest absolute Gasteiger partial charge is 0.486 e. The molecule has 0 amide bonds. The fourth-order valence-electron chi connectivity index (χ4n) is 2.85. The van der Waals surface area contributed by atoms with Gasteiger partial charge in [0, 0.05) is 17.5 Å². The van der Waals surface area contributed by atoms with Gasteiger partial charge in [-0.15, -0.1) is 0 Å². The van der Waals surface area contributed by atoms with E-state index in [1.54, 1.807) is 6.07 Å². The molecule has 124 valence electrons. The first kappa shape index (κ1) is 16.3. The fraction of sp³-hybridized carbons (Fsp3) is 0.286. The monoisotopic (exact) mass is 322 g/mol. The third-order valence-corrected chi connectivity index (χ3v) is 4.18. The Kier molecular flexibility index (Phi) is 4.99. The van der Waals surface area contributed by atoms with E-state index in [-0.39, 0.29) is 11.7 Å². The number of benzene rings is 2. The standard InChI is InChI=1S/C21H22O3/c1-3-4-8-17-13-21(22)24-20-14-18(11-12-19(17)20)23-15(2)16-9-6-5-7-10-16/h5-7,9-15H,3-4,8H2,1-2H3/t15-/m0/s1. The highest BCUT2D eigenvalue weighted by atomic mass is 16.5. The summed E-state index contributed by atoms with van der Waals surface area (Å²) < 4.78 is 11.4. The van der Waals surface area contributed by atoms with Gasteiger partial charge in [0.05, 0.1) is 0 Å². The van der Waals surface area contributed by atoms with Gasteiger partial charge in [0.25, 0.3) is 0 Å². The molecule has 1 atom stereocenters. The average molecular weight is 322 g/mol. The molecule has 0 aliphatic rings. The summed E-state index contributed by atoms with van der Waals surface area (Å²) in [5, 5.41) is 0.989. The van der Waals surface area contributed by atoms with Gasteiger partial charge in [0.15, 0.2) is 0 Å². The van der Waals surface area contributed by atoms with Gasteiger partial charge < -0.3 is 9.15 Å². The van der Waals surface area contributed by atoms with Crippen LogP contribution in [0.4, 0.5) is 0 Å². The minimum absolute atomic E-state index is 0.0707. The Bertz CT molecular complexity index is 865. The van der Waals surface area contributed by atoms with E-state index in [1.165, 1.54) is 0 Å². The van der Waals surface area contributed by atoms with Crippen LogP contribution in [0, 0.1) is 0 Å². The summed E-state index contributed by atoms with van der Waals surface area (Å²) in [4.78, 5) is 11.8. The smallest absolute Gasteiger partial charge is 0.336 e. The number of rotatable bonds is 6. The number of hydrogen-bond acceptors (Lipinski definition) is 3. The predicted octanol–water partition coefficient (Wildman–Crippen LogP) is 5.28. The maximum atomic E-state index is 11.8. The van der Waals surface area contributed by atoms with E-state index in [9.17, 15) is 4.79 Å². The van der Waals surface area contributed by atoms with Crippen molar-refractivity contribution in [2.24, 2.45) is 0 Å². The molecule has 3 aromatic rings. The number of fused-ring (bicyclic) bond motifs is 1. The summed E-state index contributed by atoms with van der Waals surface area (Å²) in [5.41, 5.74) is 2.44. The maximum Gasteiger partial charge on any atom is 0.336 e. The fourth-order valence-corrected chi connectivity index (χ4v) is 2.85. The molecule has 0 saturated carbocycles. The molecule has 0 N–H and O–H groups in total. The third-order valence-electron chi connectivity index (χ3n) is 4.18. The van der Waals surface area contributed by atoms with Crippen LogP contribution < -0.4 is 10.4 Å². The number of aryl methyl sites for hydroxylation is 1. The Morgan fingerprint density at radius 2 is 1.88 bits per heavy atom. The first-order valence-corrected chi connectivity index (χ1v) is 8.45. The number of unbranched alkanes of at least 4 members (excludes halogenated alkanes) is 1.